The van der Waals surface area contributed by atoms with E-state index in [9.17, 15) is 14.0 Å². The van der Waals surface area contributed by atoms with Crippen molar-refractivity contribution in [2.75, 3.05) is 39.2 Å². The highest BCUT2D eigenvalue weighted by Crippen LogP contribution is 2.35. The molecule has 1 aliphatic rings. The Morgan fingerprint density at radius 3 is 2.52 bits per heavy atom. The van der Waals surface area contributed by atoms with Gasteiger partial charge in [-0.1, -0.05) is 24.4 Å². The predicted octanol–water partition coefficient (Wildman–Crippen LogP) is 4.53. The van der Waals surface area contributed by atoms with Gasteiger partial charge in [-0.3, -0.25) is 9.59 Å². The minimum atomic E-state index is -0.494. The Kier molecular flexibility index (Phi) is 12.5. The van der Waals surface area contributed by atoms with Crippen LogP contribution in [0.15, 0.2) is 42.9 Å². The van der Waals surface area contributed by atoms with E-state index in [1.165, 1.54) is 18.5 Å². The predicted molar refractivity (Wildman–Crippen MR) is 175 cm³/mol. The summed E-state index contributed by atoms with van der Waals surface area (Å²) in [6.45, 7) is 2.09. The smallest absolute Gasteiger partial charge is 0.223 e. The van der Waals surface area contributed by atoms with Crippen molar-refractivity contribution in [1.82, 2.24) is 24.8 Å². The van der Waals surface area contributed by atoms with Crippen molar-refractivity contribution >= 4 is 45.8 Å². The first kappa shape index (κ1) is 34.4. The minimum absolute atomic E-state index is 0.0150. The molecule has 0 bridgehead atoms. The molecule has 14 heteroatoms. The number of H-pyrrole nitrogens is 1. The number of amides is 2. The van der Waals surface area contributed by atoms with Crippen LogP contribution in [0.4, 0.5) is 15.9 Å². The summed E-state index contributed by atoms with van der Waals surface area (Å²) in [6.07, 6.45) is 9.04. The number of nitrogens with one attached hydrogen (secondary N) is 2. The first-order valence-electron chi connectivity index (χ1n) is 15.1. The van der Waals surface area contributed by atoms with Crippen LogP contribution in [0.25, 0.3) is 10.9 Å². The Bertz CT molecular complexity index is 1630. The molecule has 1 aliphatic heterocycles. The third kappa shape index (κ3) is 10.0. The Labute approximate surface area is 272 Å². The average molecular weight is 655 g/mol. The van der Waals surface area contributed by atoms with E-state index >= 15 is 0 Å². The van der Waals surface area contributed by atoms with Crippen LogP contribution in [0.3, 0.4) is 0 Å². The van der Waals surface area contributed by atoms with Crippen molar-refractivity contribution in [2.45, 2.75) is 44.9 Å². The van der Waals surface area contributed by atoms with Crippen molar-refractivity contribution in [3.05, 3.63) is 65.2 Å². The maximum Gasteiger partial charge on any atom is 0.223 e. The fourth-order valence-electron chi connectivity index (χ4n) is 4.90. The molecule has 0 saturated carbocycles. The van der Waals surface area contributed by atoms with E-state index in [0.717, 1.165) is 56.7 Å². The number of halogens is 2. The van der Waals surface area contributed by atoms with Gasteiger partial charge in [0.15, 0.2) is 11.5 Å². The van der Waals surface area contributed by atoms with Crippen LogP contribution in [-0.2, 0) is 22.4 Å². The monoisotopic (exact) mass is 654 g/mol. The Morgan fingerprint density at radius 2 is 1.85 bits per heavy atom. The molecule has 5 rings (SSSR count). The highest BCUT2D eigenvalue weighted by atomic mass is 35.5. The van der Waals surface area contributed by atoms with Crippen LogP contribution in [0.2, 0.25) is 5.02 Å². The first-order valence-corrected chi connectivity index (χ1v) is 15.5. The number of carbonyl (C=O) groups excluding carboxylic acids is 2. The summed E-state index contributed by atoms with van der Waals surface area (Å²) >= 11 is 5.92. The number of hydrogen-bond acceptors (Lipinski definition) is 9. The molecule has 0 aliphatic carbocycles. The molecule has 2 aromatic heterocycles. The number of unbranched alkanes of at least 4 members (excludes halogenated alkanes) is 3. The minimum Gasteiger partial charge on any atom is -0.493 e. The number of carbonyl (C=O) groups is 2. The molecule has 2 amide bonds. The average Bonchev–Trinajstić information content (AvgIpc) is 3.46. The lowest BCUT2D eigenvalue weighted by Gasteiger charge is -2.33. The number of hydrogen-bond donors (Lipinski definition) is 4. The molecule has 12 nitrogen and oxygen atoms in total. The molecule has 1 fully saturated rings. The second-order valence-electron chi connectivity index (χ2n) is 11.2. The Hall–Kier alpha value is -4.49. The maximum atomic E-state index is 13.6. The molecule has 0 radical (unpaired) electrons. The number of anilines is 2. The van der Waals surface area contributed by atoms with Crippen molar-refractivity contribution in [2.24, 2.45) is 17.4 Å². The number of aromatic amines is 1. The number of fused-ring (bicyclic) bond motifs is 1. The number of ether oxygens (including phenoxy) is 2. The molecule has 0 unspecified atom stereocenters. The van der Waals surface area contributed by atoms with E-state index in [1.807, 2.05) is 19.3 Å². The molecule has 3 heterocycles. The molecular weight excluding hydrogens is 615 g/mol. The van der Waals surface area contributed by atoms with Gasteiger partial charge in [-0.25, -0.2) is 19.3 Å². The summed E-state index contributed by atoms with van der Waals surface area (Å²) < 4.78 is 25.1. The number of nitrogens with zero attached hydrogens (tertiary/aromatic N) is 4. The van der Waals surface area contributed by atoms with E-state index < -0.39 is 5.82 Å². The molecule has 6 N–H and O–H groups in total. The van der Waals surface area contributed by atoms with Gasteiger partial charge >= 0.3 is 0 Å². The number of aromatic nitrogens is 4. The molecular formula is C32H40ClFN8O4. The standard InChI is InChI=1S/C27H30ClFN6O3.C5H10N2O/c1-37-23-14-22-19(27(33-16-32-22)35-17-8-9-21(29)20(28)12-17)13-24(23)38-11-10-18-15-31-26(34-18)7-5-3-2-4-6-25(30)36;1-7-2-4(3-7)5(6)8/h8-9,12-16H,2-7,10-11H2,1H3,(H2,30,36)(H,31,34)(H,32,33,35);4H,2-3H2,1H3,(H2,6,8). The molecule has 1 saturated heterocycles. The third-order valence-electron chi connectivity index (χ3n) is 7.47. The van der Waals surface area contributed by atoms with Crippen molar-refractivity contribution in [3.63, 3.8) is 0 Å². The van der Waals surface area contributed by atoms with Crippen LogP contribution >= 0.6 is 11.6 Å². The Morgan fingerprint density at radius 1 is 1.07 bits per heavy atom. The van der Waals surface area contributed by atoms with Crippen molar-refractivity contribution in [3.8, 4) is 11.5 Å². The maximum absolute atomic E-state index is 13.6. The van der Waals surface area contributed by atoms with Gasteiger partial charge in [0, 0.05) is 61.4 Å². The number of rotatable bonds is 15. The van der Waals surface area contributed by atoms with Gasteiger partial charge in [-0.15, -0.1) is 0 Å². The fraction of sp³-hybridized carbons (Fsp3) is 0.406. The van der Waals surface area contributed by atoms with E-state index in [-0.39, 0.29) is 22.8 Å². The SMILES string of the molecule is CN1CC(C(N)=O)C1.COc1cc2ncnc(Nc3ccc(F)c(Cl)c3)c2cc1OCCc1cnc(CCCCCCC(N)=O)[nH]1. The zero-order valence-electron chi connectivity index (χ0n) is 26.0. The van der Waals surface area contributed by atoms with Crippen molar-refractivity contribution < 1.29 is 23.5 Å². The first-order chi connectivity index (χ1) is 22.1. The Balaban J connectivity index is 0.000000523. The lowest BCUT2D eigenvalue weighted by Crippen LogP contribution is -2.50. The van der Waals surface area contributed by atoms with Gasteiger partial charge in [-0.2, -0.15) is 0 Å². The number of primary amides is 2. The largest absolute Gasteiger partial charge is 0.493 e. The van der Waals surface area contributed by atoms with Gasteiger partial charge < -0.3 is 36.1 Å². The number of likely N-dealkylation sites (tertiary alicyclic amines) is 1. The zero-order chi connectivity index (χ0) is 33.1. The summed E-state index contributed by atoms with van der Waals surface area (Å²) in [6, 6.07) is 7.97. The topological polar surface area (TPSA) is 174 Å². The van der Waals surface area contributed by atoms with Crippen LogP contribution < -0.4 is 26.3 Å². The van der Waals surface area contributed by atoms with E-state index in [2.05, 4.69) is 30.2 Å². The van der Waals surface area contributed by atoms with Gasteiger partial charge in [0.2, 0.25) is 11.8 Å². The summed E-state index contributed by atoms with van der Waals surface area (Å²) in [4.78, 5) is 39.7. The van der Waals surface area contributed by atoms with Gasteiger partial charge in [-0.05, 0) is 44.2 Å². The lowest BCUT2D eigenvalue weighted by molar-refractivity contribution is -0.126. The summed E-state index contributed by atoms with van der Waals surface area (Å²) in [5.41, 5.74) is 12.4. The van der Waals surface area contributed by atoms with Crippen LogP contribution in [0.5, 0.6) is 11.5 Å². The van der Waals surface area contributed by atoms with Crippen molar-refractivity contribution in [1.29, 1.82) is 0 Å². The number of imidazole rings is 1. The van der Waals surface area contributed by atoms with E-state index in [0.29, 0.717) is 53.4 Å². The molecule has 246 valence electrons. The van der Waals surface area contributed by atoms with E-state index in [4.69, 9.17) is 32.5 Å². The van der Waals surface area contributed by atoms with Crippen LogP contribution in [-0.4, -0.2) is 70.5 Å². The third-order valence-corrected chi connectivity index (χ3v) is 7.76. The van der Waals surface area contributed by atoms with Gasteiger partial charge in [0.25, 0.3) is 0 Å². The normalized spacial score (nSPS) is 13.0. The summed E-state index contributed by atoms with van der Waals surface area (Å²) in [5.74, 6) is 1.78. The summed E-state index contributed by atoms with van der Waals surface area (Å²) in [7, 11) is 3.55. The fourth-order valence-corrected chi connectivity index (χ4v) is 5.08. The second-order valence-corrected chi connectivity index (χ2v) is 11.6. The van der Waals surface area contributed by atoms with E-state index in [1.54, 1.807) is 19.2 Å². The zero-order valence-corrected chi connectivity index (χ0v) is 26.8. The van der Waals surface area contributed by atoms with Crippen LogP contribution in [0, 0.1) is 11.7 Å². The van der Waals surface area contributed by atoms with Crippen LogP contribution in [0.1, 0.15) is 43.6 Å². The number of aryl methyl sites for hydroxylation is 1. The second kappa shape index (κ2) is 16.7. The highest BCUT2D eigenvalue weighted by molar-refractivity contribution is 6.31. The number of benzene rings is 2. The number of methoxy groups -OCH3 is 1. The molecule has 46 heavy (non-hydrogen) atoms. The molecule has 4 aromatic rings. The quantitative estimate of drug-likeness (QED) is 0.134. The van der Waals surface area contributed by atoms with Gasteiger partial charge in [0.1, 0.15) is 23.8 Å². The number of nitrogens with two attached hydrogens (primary N) is 2. The highest BCUT2D eigenvalue weighted by Gasteiger charge is 2.27. The molecule has 0 spiro atoms. The molecule has 2 aromatic carbocycles. The summed E-state index contributed by atoms with van der Waals surface area (Å²) in [5, 5.41) is 3.89. The molecule has 0 atom stereocenters. The lowest BCUT2D eigenvalue weighted by atomic mass is 10.0. The van der Waals surface area contributed by atoms with Gasteiger partial charge in [0.05, 0.1) is 30.2 Å².